The maximum Gasteiger partial charge on any atom is 0.223 e. The van der Waals surface area contributed by atoms with Crippen molar-refractivity contribution in [3.05, 3.63) is 82.9 Å². The number of thiocarbonyl (C=S) groups is 1. The molecule has 2 aromatic heterocycles. The molecule has 2 aliphatic heterocycles. The van der Waals surface area contributed by atoms with Gasteiger partial charge in [-0.05, 0) is 86.4 Å². The predicted octanol–water partition coefficient (Wildman–Crippen LogP) is 6.87. The standard InChI is InChI=1S/C37H43ClN4O4S/c38-33-27(22-40-36(43)28-20-37(21-28)10-12-41(13-11-37)14-18-45-24-30-5-2-15-46-30)6-7-31-32(25-3-1-4-26(19-25)35(39)47)23-42(34(31)33)29-8-16-44-17-9-29/h1-7,15,19,23,28-29H,8-14,16-18,20-22,24H2,(H2,39,47)(H,40,43). The number of rotatable bonds is 11. The van der Waals surface area contributed by atoms with Crippen LogP contribution in [0.2, 0.25) is 5.02 Å². The highest BCUT2D eigenvalue weighted by Gasteiger charge is 2.48. The second-order valence-electron chi connectivity index (χ2n) is 13.5. The fourth-order valence-electron chi connectivity index (χ4n) is 7.73. The minimum Gasteiger partial charge on any atom is -0.467 e. The molecule has 248 valence electrons. The number of nitrogens with one attached hydrogen (secondary N) is 1. The molecule has 10 heteroatoms. The van der Waals surface area contributed by atoms with Crippen LogP contribution in [0, 0.1) is 11.3 Å². The summed E-state index contributed by atoms with van der Waals surface area (Å²) < 4.78 is 19.1. The van der Waals surface area contributed by atoms with Crippen LogP contribution >= 0.6 is 23.8 Å². The Morgan fingerprint density at radius 1 is 1.11 bits per heavy atom. The first kappa shape index (κ1) is 32.3. The number of aromatic nitrogens is 1. The molecule has 3 fully saturated rings. The largest absolute Gasteiger partial charge is 0.467 e. The fraction of sp³-hybridized carbons (Fsp3) is 0.459. The van der Waals surface area contributed by atoms with E-state index < -0.39 is 0 Å². The van der Waals surface area contributed by atoms with E-state index in [4.69, 9.17) is 43.4 Å². The van der Waals surface area contributed by atoms with Crippen molar-refractivity contribution in [1.82, 2.24) is 14.8 Å². The molecule has 1 aliphatic carbocycles. The molecule has 8 nitrogen and oxygen atoms in total. The van der Waals surface area contributed by atoms with Gasteiger partial charge in [0.15, 0.2) is 0 Å². The van der Waals surface area contributed by atoms with Crippen molar-refractivity contribution in [3.8, 4) is 11.1 Å². The number of carbonyl (C=O) groups excluding carboxylic acids is 1. The van der Waals surface area contributed by atoms with E-state index in [2.05, 4.69) is 39.2 Å². The Balaban J connectivity index is 0.974. The van der Waals surface area contributed by atoms with Gasteiger partial charge in [0.25, 0.3) is 0 Å². The number of ether oxygens (including phenoxy) is 2. The van der Waals surface area contributed by atoms with Crippen molar-refractivity contribution in [3.63, 3.8) is 0 Å². The van der Waals surface area contributed by atoms with Gasteiger partial charge in [0.05, 0.1) is 23.4 Å². The summed E-state index contributed by atoms with van der Waals surface area (Å²) in [5.74, 6) is 1.06. The fourth-order valence-corrected chi connectivity index (χ4v) is 8.18. The highest BCUT2D eigenvalue weighted by atomic mass is 35.5. The predicted molar refractivity (Wildman–Crippen MR) is 188 cm³/mol. The first-order valence-corrected chi connectivity index (χ1v) is 17.6. The van der Waals surface area contributed by atoms with E-state index in [0.29, 0.717) is 35.2 Å². The van der Waals surface area contributed by atoms with E-state index in [1.165, 1.54) is 0 Å². The molecule has 1 spiro atoms. The number of nitrogens with zero attached hydrogens (tertiary/aromatic N) is 2. The number of piperidine rings is 1. The van der Waals surface area contributed by atoms with E-state index in [-0.39, 0.29) is 17.9 Å². The van der Waals surface area contributed by atoms with Gasteiger partial charge in [-0.3, -0.25) is 4.79 Å². The van der Waals surface area contributed by atoms with Crippen molar-refractivity contribution < 1.29 is 18.7 Å². The van der Waals surface area contributed by atoms with Crippen molar-refractivity contribution in [2.75, 3.05) is 39.5 Å². The zero-order valence-corrected chi connectivity index (χ0v) is 28.3. The molecule has 4 aromatic rings. The van der Waals surface area contributed by atoms with E-state index in [0.717, 1.165) is 110 Å². The second kappa shape index (κ2) is 14.1. The van der Waals surface area contributed by atoms with E-state index in [1.54, 1.807) is 6.26 Å². The summed E-state index contributed by atoms with van der Waals surface area (Å²) in [6.45, 7) is 6.14. The van der Waals surface area contributed by atoms with Crippen molar-refractivity contribution in [2.24, 2.45) is 17.1 Å². The zero-order valence-electron chi connectivity index (χ0n) is 26.7. The third-order valence-electron chi connectivity index (χ3n) is 10.5. The van der Waals surface area contributed by atoms with Gasteiger partial charge in [0.1, 0.15) is 17.4 Å². The molecule has 3 N–H and O–H groups in total. The van der Waals surface area contributed by atoms with Crippen LogP contribution in [0.15, 0.2) is 65.4 Å². The van der Waals surface area contributed by atoms with Crippen LogP contribution in [-0.4, -0.2) is 59.8 Å². The quantitative estimate of drug-likeness (QED) is 0.133. The Morgan fingerprint density at radius 3 is 2.66 bits per heavy atom. The molecule has 2 saturated heterocycles. The van der Waals surface area contributed by atoms with Crippen LogP contribution < -0.4 is 11.1 Å². The maximum atomic E-state index is 13.3. The third-order valence-corrected chi connectivity index (χ3v) is 11.2. The number of nitrogens with two attached hydrogens (primary N) is 1. The van der Waals surface area contributed by atoms with Gasteiger partial charge in [-0.25, -0.2) is 0 Å². The van der Waals surface area contributed by atoms with Gasteiger partial charge in [-0.1, -0.05) is 54.2 Å². The number of benzene rings is 2. The minimum absolute atomic E-state index is 0.0688. The summed E-state index contributed by atoms with van der Waals surface area (Å²) in [7, 11) is 0. The van der Waals surface area contributed by atoms with Gasteiger partial charge in [0.2, 0.25) is 5.91 Å². The average molecular weight is 675 g/mol. The molecule has 1 amide bonds. The van der Waals surface area contributed by atoms with E-state index in [1.807, 2.05) is 30.3 Å². The zero-order chi connectivity index (χ0) is 32.4. The van der Waals surface area contributed by atoms with E-state index in [9.17, 15) is 4.79 Å². The Bertz CT molecular complexity index is 1720. The number of furan rings is 1. The third kappa shape index (κ3) is 7.01. The summed E-state index contributed by atoms with van der Waals surface area (Å²) in [5, 5.41) is 4.99. The topological polar surface area (TPSA) is 94.9 Å². The Kier molecular flexibility index (Phi) is 9.71. The molecule has 0 unspecified atom stereocenters. The Morgan fingerprint density at radius 2 is 1.91 bits per heavy atom. The smallest absolute Gasteiger partial charge is 0.223 e. The van der Waals surface area contributed by atoms with Gasteiger partial charge in [-0.15, -0.1) is 0 Å². The first-order chi connectivity index (χ1) is 22.9. The van der Waals surface area contributed by atoms with Crippen LogP contribution in [-0.2, 0) is 27.4 Å². The molecule has 2 aromatic carbocycles. The van der Waals surface area contributed by atoms with Crippen molar-refractivity contribution in [1.29, 1.82) is 0 Å². The van der Waals surface area contributed by atoms with Crippen LogP contribution in [0.4, 0.5) is 0 Å². The molecule has 0 bridgehead atoms. The Hall–Kier alpha value is -3.21. The summed E-state index contributed by atoms with van der Waals surface area (Å²) in [6, 6.07) is 16.3. The SMILES string of the molecule is NC(=S)c1cccc(-c2cn(C3CCOCC3)c3c(Cl)c(CNC(=O)C4CC5(CCN(CCOCc6ccco6)CC5)C4)ccc23)c1. The van der Waals surface area contributed by atoms with Crippen LogP contribution in [0.3, 0.4) is 0 Å². The van der Waals surface area contributed by atoms with Crippen molar-refractivity contribution in [2.45, 2.75) is 57.7 Å². The van der Waals surface area contributed by atoms with Gasteiger partial charge in [0, 0.05) is 61.0 Å². The summed E-state index contributed by atoms with van der Waals surface area (Å²) in [6.07, 6.45) is 9.95. The normalized spacial score (nSPS) is 18.8. The number of hydrogen-bond donors (Lipinski definition) is 2. The molecule has 1 saturated carbocycles. The monoisotopic (exact) mass is 674 g/mol. The number of halogens is 1. The average Bonchev–Trinajstić information content (AvgIpc) is 3.75. The number of fused-ring (bicyclic) bond motifs is 1. The first-order valence-electron chi connectivity index (χ1n) is 16.8. The maximum absolute atomic E-state index is 13.3. The lowest BCUT2D eigenvalue weighted by Crippen LogP contribution is -2.51. The minimum atomic E-state index is 0.0688. The lowest BCUT2D eigenvalue weighted by molar-refractivity contribution is -0.135. The molecule has 0 radical (unpaired) electrons. The molecule has 47 heavy (non-hydrogen) atoms. The van der Waals surface area contributed by atoms with Crippen LogP contribution in [0.5, 0.6) is 0 Å². The lowest BCUT2D eigenvalue weighted by atomic mass is 9.57. The lowest BCUT2D eigenvalue weighted by Gasteiger charge is -2.51. The van der Waals surface area contributed by atoms with Gasteiger partial charge < -0.3 is 34.4 Å². The molecule has 7 rings (SSSR count). The van der Waals surface area contributed by atoms with E-state index >= 15 is 0 Å². The van der Waals surface area contributed by atoms with Crippen LogP contribution in [0.25, 0.3) is 22.0 Å². The second-order valence-corrected chi connectivity index (χ2v) is 14.3. The molecule has 4 heterocycles. The highest BCUT2D eigenvalue weighted by Crippen LogP contribution is 2.52. The highest BCUT2D eigenvalue weighted by molar-refractivity contribution is 7.80. The number of hydrogen-bond acceptors (Lipinski definition) is 6. The molecule has 0 atom stereocenters. The van der Waals surface area contributed by atoms with Gasteiger partial charge in [-0.2, -0.15) is 0 Å². The summed E-state index contributed by atoms with van der Waals surface area (Å²) in [5.41, 5.74) is 11.2. The van der Waals surface area contributed by atoms with Gasteiger partial charge >= 0.3 is 0 Å². The number of amides is 1. The summed E-state index contributed by atoms with van der Waals surface area (Å²) in [4.78, 5) is 16.2. The van der Waals surface area contributed by atoms with Crippen LogP contribution in [0.1, 0.15) is 61.5 Å². The molecular weight excluding hydrogens is 632 g/mol. The summed E-state index contributed by atoms with van der Waals surface area (Å²) >= 11 is 12.5. The number of carbonyl (C=O) groups is 1. The Labute approximate surface area is 286 Å². The van der Waals surface area contributed by atoms with Crippen molar-refractivity contribution >= 4 is 45.6 Å². The number of likely N-dealkylation sites (tertiary alicyclic amines) is 1. The molecular formula is C37H43ClN4O4S. The molecule has 3 aliphatic rings.